The Labute approximate surface area is 102 Å². The highest BCUT2D eigenvalue weighted by atomic mass is 35.5. The van der Waals surface area contributed by atoms with Crippen molar-refractivity contribution in [1.82, 2.24) is 5.32 Å². The number of carbonyl (C=O) groups is 1. The van der Waals surface area contributed by atoms with Gasteiger partial charge in [0, 0.05) is 5.54 Å². The molecule has 1 aromatic heterocycles. The van der Waals surface area contributed by atoms with Crippen molar-refractivity contribution < 1.29 is 9.21 Å². The number of rotatable bonds is 4. The van der Waals surface area contributed by atoms with Crippen molar-refractivity contribution in [3.8, 4) is 0 Å². The lowest BCUT2D eigenvalue weighted by Gasteiger charge is -2.23. The molecule has 1 aromatic rings. The van der Waals surface area contributed by atoms with Gasteiger partial charge in [0.1, 0.15) is 12.0 Å². The second-order valence-electron chi connectivity index (χ2n) is 4.20. The standard InChI is InChI=1S/C11H18N2O2.ClH/c1-4-11(2,3)13-10(14)8-5-9(6-12)15-7-8;/h5,7H,4,6,12H2,1-3H3,(H,13,14);1H. The van der Waals surface area contributed by atoms with Gasteiger partial charge in [-0.25, -0.2) is 0 Å². The lowest BCUT2D eigenvalue weighted by Crippen LogP contribution is -2.42. The molecule has 1 heterocycles. The van der Waals surface area contributed by atoms with E-state index in [1.807, 2.05) is 20.8 Å². The zero-order chi connectivity index (χ0) is 11.5. The van der Waals surface area contributed by atoms with E-state index in [0.29, 0.717) is 17.9 Å². The number of amides is 1. The molecule has 0 aromatic carbocycles. The summed E-state index contributed by atoms with van der Waals surface area (Å²) in [6.07, 6.45) is 2.31. The normalized spacial score (nSPS) is 10.8. The smallest absolute Gasteiger partial charge is 0.254 e. The Kier molecular flexibility index (Phi) is 5.55. The molecule has 5 heteroatoms. The summed E-state index contributed by atoms with van der Waals surface area (Å²) in [5.74, 6) is 0.500. The van der Waals surface area contributed by atoms with Crippen LogP contribution in [0.1, 0.15) is 43.3 Å². The van der Waals surface area contributed by atoms with Gasteiger partial charge in [0.15, 0.2) is 0 Å². The Morgan fingerprint density at radius 2 is 2.19 bits per heavy atom. The van der Waals surface area contributed by atoms with Gasteiger partial charge >= 0.3 is 0 Å². The van der Waals surface area contributed by atoms with E-state index >= 15 is 0 Å². The topological polar surface area (TPSA) is 68.3 Å². The minimum absolute atomic E-state index is 0. The largest absolute Gasteiger partial charge is 0.467 e. The van der Waals surface area contributed by atoms with Crippen LogP contribution in [0.3, 0.4) is 0 Å². The molecule has 0 atom stereocenters. The number of nitrogens with one attached hydrogen (secondary N) is 1. The van der Waals surface area contributed by atoms with E-state index in [1.165, 1.54) is 6.26 Å². The first-order valence-corrected chi connectivity index (χ1v) is 5.08. The zero-order valence-electron chi connectivity index (χ0n) is 9.87. The fourth-order valence-corrected chi connectivity index (χ4v) is 1.07. The van der Waals surface area contributed by atoms with Crippen LogP contribution >= 0.6 is 12.4 Å². The van der Waals surface area contributed by atoms with Crippen LogP contribution in [0.2, 0.25) is 0 Å². The van der Waals surface area contributed by atoms with E-state index in [1.54, 1.807) is 6.07 Å². The van der Waals surface area contributed by atoms with Crippen LogP contribution in [0.15, 0.2) is 16.7 Å². The summed E-state index contributed by atoms with van der Waals surface area (Å²) >= 11 is 0. The van der Waals surface area contributed by atoms with Crippen molar-refractivity contribution in [2.45, 2.75) is 39.3 Å². The quantitative estimate of drug-likeness (QED) is 0.855. The van der Waals surface area contributed by atoms with Crippen LogP contribution in [0, 0.1) is 0 Å². The van der Waals surface area contributed by atoms with Crippen molar-refractivity contribution in [2.75, 3.05) is 0 Å². The van der Waals surface area contributed by atoms with Gasteiger partial charge in [-0.3, -0.25) is 4.79 Å². The first-order valence-electron chi connectivity index (χ1n) is 5.08. The molecule has 0 saturated carbocycles. The number of furan rings is 1. The lowest BCUT2D eigenvalue weighted by atomic mass is 10.0. The maximum atomic E-state index is 11.7. The van der Waals surface area contributed by atoms with Gasteiger partial charge in [-0.1, -0.05) is 6.92 Å². The summed E-state index contributed by atoms with van der Waals surface area (Å²) in [5, 5.41) is 2.92. The Bertz CT molecular complexity index is 348. The molecule has 0 unspecified atom stereocenters. The van der Waals surface area contributed by atoms with Crippen molar-refractivity contribution in [2.24, 2.45) is 5.73 Å². The van der Waals surface area contributed by atoms with Crippen molar-refractivity contribution in [1.29, 1.82) is 0 Å². The molecule has 92 valence electrons. The van der Waals surface area contributed by atoms with Crippen LogP contribution in [0.5, 0.6) is 0 Å². The highest BCUT2D eigenvalue weighted by molar-refractivity contribution is 5.94. The fourth-order valence-electron chi connectivity index (χ4n) is 1.07. The van der Waals surface area contributed by atoms with Gasteiger partial charge in [-0.15, -0.1) is 12.4 Å². The zero-order valence-corrected chi connectivity index (χ0v) is 10.7. The van der Waals surface area contributed by atoms with E-state index in [0.717, 1.165) is 6.42 Å². The van der Waals surface area contributed by atoms with Gasteiger partial charge < -0.3 is 15.5 Å². The number of carbonyl (C=O) groups excluding carboxylic acids is 1. The van der Waals surface area contributed by atoms with Gasteiger partial charge in [0.2, 0.25) is 0 Å². The monoisotopic (exact) mass is 246 g/mol. The third-order valence-electron chi connectivity index (χ3n) is 2.45. The van der Waals surface area contributed by atoms with Crippen LogP contribution in [-0.2, 0) is 6.54 Å². The summed E-state index contributed by atoms with van der Waals surface area (Å²) in [5.41, 5.74) is 5.72. The molecular weight excluding hydrogens is 228 g/mol. The maximum Gasteiger partial charge on any atom is 0.254 e. The lowest BCUT2D eigenvalue weighted by molar-refractivity contribution is 0.0910. The molecule has 0 bridgehead atoms. The Balaban J connectivity index is 0.00000225. The van der Waals surface area contributed by atoms with E-state index in [2.05, 4.69) is 5.32 Å². The second kappa shape index (κ2) is 5.92. The predicted molar refractivity (Wildman–Crippen MR) is 65.7 cm³/mol. The Morgan fingerprint density at radius 1 is 1.56 bits per heavy atom. The average molecular weight is 247 g/mol. The second-order valence-corrected chi connectivity index (χ2v) is 4.20. The minimum Gasteiger partial charge on any atom is -0.467 e. The van der Waals surface area contributed by atoms with Gasteiger partial charge in [-0.05, 0) is 26.3 Å². The van der Waals surface area contributed by atoms with E-state index in [9.17, 15) is 4.79 Å². The molecule has 3 N–H and O–H groups in total. The number of hydrogen-bond acceptors (Lipinski definition) is 3. The molecule has 0 aliphatic rings. The summed E-state index contributed by atoms with van der Waals surface area (Å²) in [6, 6.07) is 1.67. The van der Waals surface area contributed by atoms with Crippen LogP contribution in [0.25, 0.3) is 0 Å². The molecule has 0 saturated heterocycles. The molecule has 1 rings (SSSR count). The molecule has 0 aliphatic carbocycles. The van der Waals surface area contributed by atoms with Crippen LogP contribution < -0.4 is 11.1 Å². The van der Waals surface area contributed by atoms with Crippen molar-refractivity contribution >= 4 is 18.3 Å². The Morgan fingerprint density at radius 3 is 2.62 bits per heavy atom. The molecular formula is C11H19ClN2O2. The van der Waals surface area contributed by atoms with Gasteiger partial charge in [0.05, 0.1) is 12.1 Å². The highest BCUT2D eigenvalue weighted by Gasteiger charge is 2.19. The highest BCUT2D eigenvalue weighted by Crippen LogP contribution is 2.11. The minimum atomic E-state index is -0.197. The molecule has 0 fully saturated rings. The summed E-state index contributed by atoms with van der Waals surface area (Å²) in [7, 11) is 0. The van der Waals surface area contributed by atoms with Crippen LogP contribution in [0.4, 0.5) is 0 Å². The SMILES string of the molecule is CCC(C)(C)NC(=O)c1coc(CN)c1.Cl. The molecule has 1 amide bonds. The summed E-state index contributed by atoms with van der Waals surface area (Å²) < 4.78 is 5.10. The van der Waals surface area contributed by atoms with E-state index in [-0.39, 0.29) is 23.9 Å². The fraction of sp³-hybridized carbons (Fsp3) is 0.545. The van der Waals surface area contributed by atoms with E-state index < -0.39 is 0 Å². The molecule has 0 radical (unpaired) electrons. The first-order chi connectivity index (χ1) is 6.98. The maximum absolute atomic E-state index is 11.7. The number of nitrogens with two attached hydrogens (primary N) is 1. The van der Waals surface area contributed by atoms with Gasteiger partial charge in [-0.2, -0.15) is 0 Å². The summed E-state index contributed by atoms with van der Waals surface area (Å²) in [4.78, 5) is 11.7. The summed E-state index contributed by atoms with van der Waals surface area (Å²) in [6.45, 7) is 6.30. The van der Waals surface area contributed by atoms with Crippen molar-refractivity contribution in [3.63, 3.8) is 0 Å². The third kappa shape index (κ3) is 3.87. The van der Waals surface area contributed by atoms with Gasteiger partial charge in [0.25, 0.3) is 5.91 Å². The van der Waals surface area contributed by atoms with Crippen molar-refractivity contribution in [3.05, 3.63) is 23.7 Å². The third-order valence-corrected chi connectivity index (χ3v) is 2.45. The molecule has 4 nitrogen and oxygen atoms in total. The molecule has 0 aliphatic heterocycles. The average Bonchev–Trinajstić information content (AvgIpc) is 2.65. The number of halogens is 1. The molecule has 16 heavy (non-hydrogen) atoms. The molecule has 0 spiro atoms. The Hall–Kier alpha value is -1.00. The van der Waals surface area contributed by atoms with E-state index in [4.69, 9.17) is 10.2 Å². The first kappa shape index (κ1) is 15.0. The van der Waals surface area contributed by atoms with Crippen LogP contribution in [-0.4, -0.2) is 11.4 Å². The number of hydrogen-bond donors (Lipinski definition) is 2. The predicted octanol–water partition coefficient (Wildman–Crippen LogP) is 2.08.